The lowest BCUT2D eigenvalue weighted by atomic mass is 9.84. The molecule has 2 fully saturated rings. The second-order valence-corrected chi connectivity index (χ2v) is 8.57. The number of hydrogen-bond donors (Lipinski definition) is 2. The highest BCUT2D eigenvalue weighted by molar-refractivity contribution is 6.01. The number of likely N-dealkylation sites (N-methyl/N-ethyl adjacent to an activating group) is 1. The largest absolute Gasteiger partial charge is 0.353 e. The fourth-order valence-electron chi connectivity index (χ4n) is 4.93. The maximum absolute atomic E-state index is 13.6. The molecule has 2 aliphatic rings. The van der Waals surface area contributed by atoms with Gasteiger partial charge in [-0.1, -0.05) is 43.2 Å². The smallest absolute Gasteiger partial charge is 0.254 e. The van der Waals surface area contributed by atoms with Gasteiger partial charge in [0.25, 0.3) is 5.91 Å². The maximum atomic E-state index is 13.6. The molecule has 0 radical (unpaired) electrons. The molecule has 0 bridgehead atoms. The summed E-state index contributed by atoms with van der Waals surface area (Å²) in [4.78, 5) is 28.5. The average molecular weight is 394 g/mol. The number of nitrogens with zero attached hydrogens (tertiary/aromatic N) is 1. The summed E-state index contributed by atoms with van der Waals surface area (Å²) >= 11 is 0. The van der Waals surface area contributed by atoms with Crippen molar-refractivity contribution in [3.8, 4) is 0 Å². The fraction of sp³-hybridized carbons (Fsp3) is 0.500. The predicted octanol–water partition coefficient (Wildman–Crippen LogP) is 3.34. The topological polar surface area (TPSA) is 61.4 Å². The Hall–Kier alpha value is -2.40. The molecule has 2 aromatic rings. The van der Waals surface area contributed by atoms with Crippen LogP contribution in [0.15, 0.2) is 42.5 Å². The van der Waals surface area contributed by atoms with Gasteiger partial charge >= 0.3 is 0 Å². The number of rotatable bonds is 5. The van der Waals surface area contributed by atoms with E-state index in [-0.39, 0.29) is 29.9 Å². The van der Waals surface area contributed by atoms with Crippen molar-refractivity contribution < 1.29 is 9.59 Å². The lowest BCUT2D eigenvalue weighted by Crippen LogP contribution is -2.51. The molecule has 5 heteroatoms. The molecule has 0 spiro atoms. The van der Waals surface area contributed by atoms with Gasteiger partial charge < -0.3 is 15.5 Å². The zero-order chi connectivity index (χ0) is 20.4. The summed E-state index contributed by atoms with van der Waals surface area (Å²) in [5.74, 6) is 0.410. The van der Waals surface area contributed by atoms with Crippen molar-refractivity contribution in [2.75, 3.05) is 13.6 Å². The van der Waals surface area contributed by atoms with Gasteiger partial charge in [-0.3, -0.25) is 9.59 Å². The molecule has 1 aliphatic heterocycles. The Morgan fingerprint density at radius 2 is 1.86 bits per heavy atom. The minimum absolute atomic E-state index is 0.00744. The number of amides is 2. The van der Waals surface area contributed by atoms with E-state index >= 15 is 0 Å². The van der Waals surface area contributed by atoms with Crippen LogP contribution in [-0.2, 0) is 4.79 Å². The van der Waals surface area contributed by atoms with E-state index in [1.807, 2.05) is 55.3 Å². The Bertz CT molecular complexity index is 897. The molecule has 4 rings (SSSR count). The van der Waals surface area contributed by atoms with Crippen molar-refractivity contribution in [3.05, 3.63) is 48.0 Å². The van der Waals surface area contributed by atoms with Crippen LogP contribution in [0.1, 0.15) is 49.4 Å². The Morgan fingerprint density at radius 1 is 1.10 bits per heavy atom. The molecule has 4 atom stereocenters. The second kappa shape index (κ2) is 8.54. The Labute approximate surface area is 172 Å². The third-order valence-corrected chi connectivity index (χ3v) is 6.70. The van der Waals surface area contributed by atoms with Crippen molar-refractivity contribution in [3.63, 3.8) is 0 Å². The highest BCUT2D eigenvalue weighted by Gasteiger charge is 2.47. The molecule has 2 amide bonds. The van der Waals surface area contributed by atoms with Crippen LogP contribution in [0.25, 0.3) is 10.8 Å². The van der Waals surface area contributed by atoms with Gasteiger partial charge in [-0.15, -0.1) is 0 Å². The summed E-state index contributed by atoms with van der Waals surface area (Å²) in [6, 6.07) is 14.0. The van der Waals surface area contributed by atoms with Crippen LogP contribution in [0.2, 0.25) is 0 Å². The van der Waals surface area contributed by atoms with Gasteiger partial charge in [0.1, 0.15) is 6.04 Å². The third kappa shape index (κ3) is 4.01. The zero-order valence-corrected chi connectivity index (χ0v) is 17.4. The molecule has 1 heterocycles. The van der Waals surface area contributed by atoms with Gasteiger partial charge in [-0.25, -0.2) is 0 Å². The molecule has 1 aliphatic carbocycles. The van der Waals surface area contributed by atoms with E-state index in [4.69, 9.17) is 0 Å². The third-order valence-electron chi connectivity index (χ3n) is 6.70. The number of nitrogens with one attached hydrogen (secondary N) is 2. The standard InChI is InChI=1S/C24H31N3O2/c1-16(25-2)15-26-23(28)22-14-19-9-5-6-10-21(19)27(22)24(29)20-12-11-17-7-3-4-8-18(17)13-20/h3-4,7-8,11-13,16,19,21-22,25H,5-6,9-10,14-15H2,1-2H3,(H,26,28). The van der Waals surface area contributed by atoms with Crippen molar-refractivity contribution >= 4 is 22.6 Å². The first-order chi connectivity index (χ1) is 14.1. The molecular weight excluding hydrogens is 362 g/mol. The predicted molar refractivity (Wildman–Crippen MR) is 116 cm³/mol. The van der Waals surface area contributed by atoms with Gasteiger partial charge in [0.15, 0.2) is 0 Å². The van der Waals surface area contributed by atoms with Crippen molar-refractivity contribution in [2.24, 2.45) is 5.92 Å². The molecule has 0 aromatic heterocycles. The molecular formula is C24H31N3O2. The van der Waals surface area contributed by atoms with Gasteiger partial charge in [0.05, 0.1) is 0 Å². The van der Waals surface area contributed by atoms with Crippen molar-refractivity contribution in [1.82, 2.24) is 15.5 Å². The highest BCUT2D eigenvalue weighted by Crippen LogP contribution is 2.40. The van der Waals surface area contributed by atoms with Gasteiger partial charge in [0.2, 0.25) is 5.91 Å². The number of benzene rings is 2. The highest BCUT2D eigenvalue weighted by atomic mass is 16.2. The number of likely N-dealkylation sites (tertiary alicyclic amines) is 1. The normalized spacial score (nSPS) is 24.9. The quantitative estimate of drug-likeness (QED) is 0.819. The van der Waals surface area contributed by atoms with E-state index in [1.165, 1.54) is 6.42 Å². The lowest BCUT2D eigenvalue weighted by Gasteiger charge is -2.34. The summed E-state index contributed by atoms with van der Waals surface area (Å²) < 4.78 is 0. The van der Waals surface area contributed by atoms with E-state index in [1.54, 1.807) is 0 Å². The first-order valence-electron chi connectivity index (χ1n) is 10.8. The number of fused-ring (bicyclic) bond motifs is 2. The Balaban J connectivity index is 1.60. The van der Waals surface area contributed by atoms with Crippen molar-refractivity contribution in [2.45, 2.75) is 57.2 Å². The average Bonchev–Trinajstić information content (AvgIpc) is 3.16. The van der Waals surface area contributed by atoms with E-state index < -0.39 is 0 Å². The SMILES string of the molecule is CNC(C)CNC(=O)C1CC2CCCCC2N1C(=O)c1ccc2ccccc2c1. The molecule has 4 unspecified atom stereocenters. The van der Waals surface area contributed by atoms with Crippen LogP contribution < -0.4 is 10.6 Å². The first kappa shape index (κ1) is 19.9. The fourth-order valence-corrected chi connectivity index (χ4v) is 4.93. The Morgan fingerprint density at radius 3 is 2.66 bits per heavy atom. The van der Waals surface area contributed by atoms with E-state index in [2.05, 4.69) is 16.7 Å². The van der Waals surface area contributed by atoms with Gasteiger partial charge in [0, 0.05) is 24.2 Å². The minimum atomic E-state index is -0.369. The minimum Gasteiger partial charge on any atom is -0.353 e. The van der Waals surface area contributed by atoms with Crippen LogP contribution in [0.3, 0.4) is 0 Å². The number of carbonyl (C=O) groups is 2. The number of carbonyl (C=O) groups excluding carboxylic acids is 2. The summed E-state index contributed by atoms with van der Waals surface area (Å²) in [6.07, 6.45) is 5.23. The van der Waals surface area contributed by atoms with E-state index in [0.29, 0.717) is 18.0 Å². The molecule has 154 valence electrons. The molecule has 29 heavy (non-hydrogen) atoms. The molecule has 1 saturated carbocycles. The first-order valence-corrected chi connectivity index (χ1v) is 10.8. The van der Waals surface area contributed by atoms with E-state index in [0.717, 1.165) is 36.5 Å². The van der Waals surface area contributed by atoms with Gasteiger partial charge in [-0.2, -0.15) is 0 Å². The van der Waals surface area contributed by atoms with Crippen LogP contribution in [0, 0.1) is 5.92 Å². The maximum Gasteiger partial charge on any atom is 0.254 e. The summed E-state index contributed by atoms with van der Waals surface area (Å²) in [6.45, 7) is 2.60. The molecule has 5 nitrogen and oxygen atoms in total. The molecule has 2 N–H and O–H groups in total. The monoisotopic (exact) mass is 393 g/mol. The van der Waals surface area contributed by atoms with Crippen LogP contribution in [0.5, 0.6) is 0 Å². The summed E-state index contributed by atoms with van der Waals surface area (Å²) in [7, 11) is 1.89. The van der Waals surface area contributed by atoms with E-state index in [9.17, 15) is 9.59 Å². The van der Waals surface area contributed by atoms with Gasteiger partial charge in [-0.05, 0) is 62.1 Å². The molecule has 1 saturated heterocycles. The summed E-state index contributed by atoms with van der Waals surface area (Å²) in [5.41, 5.74) is 0.677. The lowest BCUT2D eigenvalue weighted by molar-refractivity contribution is -0.125. The Kier molecular flexibility index (Phi) is 5.86. The summed E-state index contributed by atoms with van der Waals surface area (Å²) in [5, 5.41) is 8.38. The zero-order valence-electron chi connectivity index (χ0n) is 17.4. The van der Waals surface area contributed by atoms with Crippen LogP contribution in [-0.4, -0.2) is 48.4 Å². The van der Waals surface area contributed by atoms with Crippen LogP contribution >= 0.6 is 0 Å². The second-order valence-electron chi connectivity index (χ2n) is 8.57. The van der Waals surface area contributed by atoms with Crippen LogP contribution in [0.4, 0.5) is 0 Å². The molecule has 2 aromatic carbocycles. The van der Waals surface area contributed by atoms with Crippen molar-refractivity contribution in [1.29, 1.82) is 0 Å². The number of hydrogen-bond acceptors (Lipinski definition) is 3.